The lowest BCUT2D eigenvalue weighted by Gasteiger charge is -2.19. The Hall–Kier alpha value is -1.58. The first-order valence-corrected chi connectivity index (χ1v) is 4.78. The minimum atomic E-state index is -0.931. The molecule has 0 fully saturated rings. The van der Waals surface area contributed by atoms with Crippen molar-refractivity contribution >= 4 is 11.8 Å². The zero-order chi connectivity index (χ0) is 11.6. The molecule has 1 aromatic heterocycles. The molecule has 1 rings (SSSR count). The highest BCUT2D eigenvalue weighted by atomic mass is 16.4. The number of hydrogen-bond donors (Lipinski definition) is 2. The molecule has 0 saturated heterocycles. The second-order valence-electron chi connectivity index (χ2n) is 4.43. The van der Waals surface area contributed by atoms with E-state index in [1.54, 1.807) is 13.1 Å². The van der Waals surface area contributed by atoms with Crippen LogP contribution < -0.4 is 5.32 Å². The van der Waals surface area contributed by atoms with Crippen LogP contribution in [-0.4, -0.2) is 23.1 Å². The van der Waals surface area contributed by atoms with Gasteiger partial charge in [-0.15, -0.1) is 0 Å². The number of carboxylic acids is 1. The number of pyridine rings is 1. The molecular formula is C11H16N2O2. The highest BCUT2D eigenvalue weighted by Gasteiger charge is 2.18. The molecule has 0 unspecified atom stereocenters. The second kappa shape index (κ2) is 3.88. The SMILES string of the molecule is CNc1cc(C(=O)O)cc(C(C)(C)C)n1. The monoisotopic (exact) mass is 208 g/mol. The zero-order valence-electron chi connectivity index (χ0n) is 9.46. The van der Waals surface area contributed by atoms with Crippen molar-refractivity contribution in [2.75, 3.05) is 12.4 Å². The fourth-order valence-corrected chi connectivity index (χ4v) is 1.17. The standard InChI is InChI=1S/C11H16N2O2/c1-11(2,3)8-5-7(10(14)15)6-9(12-4)13-8/h5-6H,1-4H3,(H,12,13)(H,14,15). The average molecular weight is 208 g/mol. The molecule has 0 aromatic carbocycles. The van der Waals surface area contributed by atoms with Crippen LogP contribution in [0.2, 0.25) is 0 Å². The Morgan fingerprint density at radius 3 is 2.40 bits per heavy atom. The van der Waals surface area contributed by atoms with Crippen LogP contribution in [0.1, 0.15) is 36.8 Å². The van der Waals surface area contributed by atoms with Gasteiger partial charge in [-0.05, 0) is 12.1 Å². The van der Waals surface area contributed by atoms with E-state index in [1.165, 1.54) is 6.07 Å². The number of anilines is 1. The number of aromatic carboxylic acids is 1. The Balaban J connectivity index is 3.30. The summed E-state index contributed by atoms with van der Waals surface area (Å²) in [4.78, 5) is 15.2. The molecule has 2 N–H and O–H groups in total. The van der Waals surface area contributed by atoms with Crippen molar-refractivity contribution in [1.29, 1.82) is 0 Å². The minimum Gasteiger partial charge on any atom is -0.478 e. The summed E-state index contributed by atoms with van der Waals surface area (Å²) in [6.07, 6.45) is 0. The van der Waals surface area contributed by atoms with E-state index in [2.05, 4.69) is 10.3 Å². The molecule has 0 atom stereocenters. The third-order valence-electron chi connectivity index (χ3n) is 2.10. The summed E-state index contributed by atoms with van der Waals surface area (Å²) in [7, 11) is 1.72. The number of nitrogens with one attached hydrogen (secondary N) is 1. The average Bonchev–Trinajstić information content (AvgIpc) is 2.15. The van der Waals surface area contributed by atoms with Gasteiger partial charge < -0.3 is 10.4 Å². The van der Waals surface area contributed by atoms with Gasteiger partial charge in [0.2, 0.25) is 0 Å². The van der Waals surface area contributed by atoms with Crippen molar-refractivity contribution in [3.8, 4) is 0 Å². The van der Waals surface area contributed by atoms with Gasteiger partial charge in [0.25, 0.3) is 0 Å². The van der Waals surface area contributed by atoms with Gasteiger partial charge in [0.05, 0.1) is 5.56 Å². The van der Waals surface area contributed by atoms with Gasteiger partial charge in [0.1, 0.15) is 5.82 Å². The third-order valence-corrected chi connectivity index (χ3v) is 2.10. The fraction of sp³-hybridized carbons (Fsp3) is 0.455. The Morgan fingerprint density at radius 2 is 2.00 bits per heavy atom. The van der Waals surface area contributed by atoms with E-state index in [4.69, 9.17) is 5.11 Å². The molecule has 1 aromatic rings. The van der Waals surface area contributed by atoms with Crippen molar-refractivity contribution in [3.05, 3.63) is 23.4 Å². The molecule has 82 valence electrons. The maximum Gasteiger partial charge on any atom is 0.335 e. The summed E-state index contributed by atoms with van der Waals surface area (Å²) in [5, 5.41) is 11.8. The van der Waals surface area contributed by atoms with Gasteiger partial charge in [0.15, 0.2) is 0 Å². The molecule has 0 aliphatic carbocycles. The summed E-state index contributed by atoms with van der Waals surface area (Å²) < 4.78 is 0. The molecule has 1 heterocycles. The van der Waals surface area contributed by atoms with E-state index in [0.717, 1.165) is 5.69 Å². The Bertz CT molecular complexity index is 381. The van der Waals surface area contributed by atoms with Gasteiger partial charge in [0, 0.05) is 18.2 Å². The maximum atomic E-state index is 10.9. The Labute approximate surface area is 89.3 Å². The summed E-state index contributed by atoms with van der Waals surface area (Å²) in [6.45, 7) is 6.00. The van der Waals surface area contributed by atoms with Gasteiger partial charge in [-0.1, -0.05) is 20.8 Å². The molecule has 4 heteroatoms. The van der Waals surface area contributed by atoms with Crippen LogP contribution in [0.15, 0.2) is 12.1 Å². The number of rotatable bonds is 2. The van der Waals surface area contributed by atoms with Crippen molar-refractivity contribution < 1.29 is 9.90 Å². The Morgan fingerprint density at radius 1 is 1.40 bits per heavy atom. The van der Waals surface area contributed by atoms with E-state index < -0.39 is 5.97 Å². The number of aromatic nitrogens is 1. The van der Waals surface area contributed by atoms with E-state index >= 15 is 0 Å². The molecule has 4 nitrogen and oxygen atoms in total. The first-order chi connectivity index (χ1) is 6.84. The van der Waals surface area contributed by atoms with Gasteiger partial charge in [-0.3, -0.25) is 0 Å². The minimum absolute atomic E-state index is 0.156. The maximum absolute atomic E-state index is 10.9. The first-order valence-electron chi connectivity index (χ1n) is 4.78. The van der Waals surface area contributed by atoms with E-state index in [0.29, 0.717) is 5.82 Å². The van der Waals surface area contributed by atoms with E-state index in [9.17, 15) is 4.79 Å². The van der Waals surface area contributed by atoms with Crippen molar-refractivity contribution in [2.24, 2.45) is 0 Å². The van der Waals surface area contributed by atoms with Crippen LogP contribution in [0.25, 0.3) is 0 Å². The molecule has 0 radical (unpaired) electrons. The highest BCUT2D eigenvalue weighted by molar-refractivity contribution is 5.88. The molecule has 0 aliphatic heterocycles. The number of carbonyl (C=O) groups is 1. The van der Waals surface area contributed by atoms with Crippen molar-refractivity contribution in [1.82, 2.24) is 4.98 Å². The second-order valence-corrected chi connectivity index (χ2v) is 4.43. The normalized spacial score (nSPS) is 11.2. The number of hydrogen-bond acceptors (Lipinski definition) is 3. The lowest BCUT2D eigenvalue weighted by Crippen LogP contribution is -2.16. The summed E-state index contributed by atoms with van der Waals surface area (Å²) in [6, 6.07) is 3.14. The van der Waals surface area contributed by atoms with Gasteiger partial charge in [-0.25, -0.2) is 9.78 Å². The predicted molar refractivity (Wildman–Crippen MR) is 59.4 cm³/mol. The van der Waals surface area contributed by atoms with Gasteiger partial charge in [-0.2, -0.15) is 0 Å². The number of nitrogens with zero attached hydrogens (tertiary/aromatic N) is 1. The molecule has 0 bridgehead atoms. The molecule has 0 saturated carbocycles. The first kappa shape index (κ1) is 11.5. The largest absolute Gasteiger partial charge is 0.478 e. The third kappa shape index (κ3) is 2.68. The highest BCUT2D eigenvalue weighted by Crippen LogP contribution is 2.23. The van der Waals surface area contributed by atoms with Crippen LogP contribution in [-0.2, 0) is 5.41 Å². The molecule has 15 heavy (non-hydrogen) atoms. The molecule has 0 spiro atoms. The lowest BCUT2D eigenvalue weighted by atomic mass is 9.91. The molecular weight excluding hydrogens is 192 g/mol. The summed E-state index contributed by atoms with van der Waals surface area (Å²) in [5.41, 5.74) is 0.878. The number of carboxylic acid groups (broad SMARTS) is 1. The van der Waals surface area contributed by atoms with Crippen LogP contribution in [0.5, 0.6) is 0 Å². The predicted octanol–water partition coefficient (Wildman–Crippen LogP) is 2.12. The van der Waals surface area contributed by atoms with Crippen molar-refractivity contribution in [3.63, 3.8) is 0 Å². The fourth-order valence-electron chi connectivity index (χ4n) is 1.17. The van der Waals surface area contributed by atoms with E-state index in [1.807, 2.05) is 20.8 Å². The van der Waals surface area contributed by atoms with Gasteiger partial charge >= 0.3 is 5.97 Å². The zero-order valence-corrected chi connectivity index (χ0v) is 9.46. The van der Waals surface area contributed by atoms with Crippen molar-refractivity contribution in [2.45, 2.75) is 26.2 Å². The van der Waals surface area contributed by atoms with Crippen LogP contribution >= 0.6 is 0 Å². The summed E-state index contributed by atoms with van der Waals surface area (Å²) in [5.74, 6) is -0.348. The van der Waals surface area contributed by atoms with Crippen LogP contribution in [0.4, 0.5) is 5.82 Å². The molecule has 0 aliphatic rings. The Kier molecular flexibility index (Phi) is 2.98. The summed E-state index contributed by atoms with van der Waals surface area (Å²) >= 11 is 0. The lowest BCUT2D eigenvalue weighted by molar-refractivity contribution is 0.0696. The smallest absolute Gasteiger partial charge is 0.335 e. The molecule has 0 amide bonds. The quantitative estimate of drug-likeness (QED) is 0.781. The van der Waals surface area contributed by atoms with E-state index in [-0.39, 0.29) is 11.0 Å². The van der Waals surface area contributed by atoms with Crippen LogP contribution in [0, 0.1) is 0 Å². The van der Waals surface area contributed by atoms with Crippen LogP contribution in [0.3, 0.4) is 0 Å². The topological polar surface area (TPSA) is 62.2 Å².